The zero-order valence-electron chi connectivity index (χ0n) is 15.1. The molecule has 2 aliphatic heterocycles. The summed E-state index contributed by atoms with van der Waals surface area (Å²) in [6.07, 6.45) is 2.25. The van der Waals surface area contributed by atoms with E-state index in [9.17, 15) is 17.6 Å². The molecule has 2 heterocycles. The Labute approximate surface area is 162 Å². The van der Waals surface area contributed by atoms with Crippen LogP contribution in [0.3, 0.4) is 0 Å². The normalized spacial score (nSPS) is 17.9. The van der Waals surface area contributed by atoms with E-state index >= 15 is 0 Å². The van der Waals surface area contributed by atoms with Gasteiger partial charge < -0.3 is 10.1 Å². The first-order valence-electron chi connectivity index (χ1n) is 8.77. The molecule has 2 aromatic rings. The van der Waals surface area contributed by atoms with Gasteiger partial charge in [0.05, 0.1) is 18.4 Å². The largest absolute Gasteiger partial charge is 0.487 e. The van der Waals surface area contributed by atoms with Crippen LogP contribution in [0.1, 0.15) is 28.7 Å². The highest BCUT2D eigenvalue weighted by atomic mass is 32.2. The SMILES string of the molecule is CS(=O)(=O)OCCCc1ccc2c(c1)CO/C2=C1/C(=O)Nc2ccc(F)cc21. The summed E-state index contributed by atoms with van der Waals surface area (Å²) in [4.78, 5) is 12.4. The zero-order valence-corrected chi connectivity index (χ0v) is 15.9. The van der Waals surface area contributed by atoms with Gasteiger partial charge in [0.1, 0.15) is 18.2 Å². The van der Waals surface area contributed by atoms with E-state index in [2.05, 4.69) is 5.32 Å². The highest BCUT2D eigenvalue weighted by Crippen LogP contribution is 2.41. The minimum Gasteiger partial charge on any atom is -0.487 e. The van der Waals surface area contributed by atoms with Crippen LogP contribution in [0.4, 0.5) is 10.1 Å². The predicted octanol–water partition coefficient (Wildman–Crippen LogP) is 3.09. The smallest absolute Gasteiger partial charge is 0.264 e. The highest BCUT2D eigenvalue weighted by molar-refractivity contribution is 7.85. The number of hydrogen-bond donors (Lipinski definition) is 1. The molecule has 0 aromatic heterocycles. The summed E-state index contributed by atoms with van der Waals surface area (Å²) in [5.74, 6) is -0.285. The number of carbonyl (C=O) groups is 1. The maximum absolute atomic E-state index is 13.7. The number of ether oxygens (including phenoxy) is 1. The lowest BCUT2D eigenvalue weighted by molar-refractivity contribution is -0.110. The number of rotatable bonds is 5. The molecule has 4 rings (SSSR count). The van der Waals surface area contributed by atoms with Crippen molar-refractivity contribution < 1.29 is 26.5 Å². The van der Waals surface area contributed by atoms with E-state index in [1.54, 1.807) is 0 Å². The first-order valence-corrected chi connectivity index (χ1v) is 10.6. The Kier molecular flexibility index (Phi) is 4.68. The van der Waals surface area contributed by atoms with Gasteiger partial charge in [0.2, 0.25) is 0 Å². The third-order valence-corrected chi connectivity index (χ3v) is 5.24. The Morgan fingerprint density at radius 1 is 1.18 bits per heavy atom. The lowest BCUT2D eigenvalue weighted by atomic mass is 9.98. The van der Waals surface area contributed by atoms with E-state index in [0.29, 0.717) is 42.0 Å². The molecule has 0 bridgehead atoms. The second-order valence-corrected chi connectivity index (χ2v) is 8.40. The Morgan fingerprint density at radius 3 is 2.79 bits per heavy atom. The summed E-state index contributed by atoms with van der Waals surface area (Å²) in [5, 5.41) is 2.73. The van der Waals surface area contributed by atoms with E-state index in [4.69, 9.17) is 8.92 Å². The van der Waals surface area contributed by atoms with E-state index in [-0.39, 0.29) is 12.5 Å². The molecule has 8 heteroatoms. The maximum atomic E-state index is 13.7. The first kappa shape index (κ1) is 18.6. The van der Waals surface area contributed by atoms with Gasteiger partial charge in [-0.15, -0.1) is 0 Å². The van der Waals surface area contributed by atoms with Crippen molar-refractivity contribution in [3.63, 3.8) is 0 Å². The van der Waals surface area contributed by atoms with Crippen LogP contribution in [0.15, 0.2) is 36.4 Å². The summed E-state index contributed by atoms with van der Waals surface area (Å²) in [6, 6.07) is 9.93. The quantitative estimate of drug-likeness (QED) is 0.471. The topological polar surface area (TPSA) is 81.7 Å². The van der Waals surface area contributed by atoms with Gasteiger partial charge in [-0.3, -0.25) is 8.98 Å². The van der Waals surface area contributed by atoms with Crippen molar-refractivity contribution in [2.75, 3.05) is 18.2 Å². The minimum absolute atomic E-state index is 0.129. The average Bonchev–Trinajstić information content (AvgIpc) is 3.17. The lowest BCUT2D eigenvalue weighted by Gasteiger charge is -2.06. The van der Waals surface area contributed by atoms with Crippen LogP contribution >= 0.6 is 0 Å². The van der Waals surface area contributed by atoms with Crippen molar-refractivity contribution in [1.29, 1.82) is 0 Å². The molecule has 1 N–H and O–H groups in total. The van der Waals surface area contributed by atoms with E-state index < -0.39 is 15.9 Å². The Hall–Kier alpha value is -2.71. The fourth-order valence-electron chi connectivity index (χ4n) is 3.43. The van der Waals surface area contributed by atoms with Gasteiger partial charge in [0.25, 0.3) is 16.0 Å². The number of hydrogen-bond acceptors (Lipinski definition) is 5. The van der Waals surface area contributed by atoms with Gasteiger partial charge in [-0.2, -0.15) is 8.42 Å². The second-order valence-electron chi connectivity index (χ2n) is 6.76. The predicted molar refractivity (Wildman–Crippen MR) is 102 cm³/mol. The number of aryl methyl sites for hydroxylation is 1. The molecular weight excluding hydrogens is 385 g/mol. The molecule has 2 aromatic carbocycles. The van der Waals surface area contributed by atoms with Crippen molar-refractivity contribution in [2.24, 2.45) is 0 Å². The summed E-state index contributed by atoms with van der Waals surface area (Å²) in [6.45, 7) is 0.448. The number of amides is 1. The van der Waals surface area contributed by atoms with Gasteiger partial charge in [-0.1, -0.05) is 18.2 Å². The molecule has 6 nitrogen and oxygen atoms in total. The molecule has 0 atom stereocenters. The van der Waals surface area contributed by atoms with Crippen LogP contribution in [-0.4, -0.2) is 27.2 Å². The summed E-state index contributed by atoms with van der Waals surface area (Å²) < 4.78 is 46.2. The molecule has 0 fully saturated rings. The van der Waals surface area contributed by atoms with Gasteiger partial charge in [-0.25, -0.2) is 4.39 Å². The highest BCUT2D eigenvalue weighted by Gasteiger charge is 2.32. The van der Waals surface area contributed by atoms with Gasteiger partial charge >= 0.3 is 0 Å². The molecule has 146 valence electrons. The number of halogens is 1. The molecule has 2 aliphatic rings. The third kappa shape index (κ3) is 3.65. The number of nitrogens with one attached hydrogen (secondary N) is 1. The van der Waals surface area contributed by atoms with Gasteiger partial charge in [0, 0.05) is 22.4 Å². The van der Waals surface area contributed by atoms with Crippen LogP contribution in [0.5, 0.6) is 0 Å². The van der Waals surface area contributed by atoms with Crippen LogP contribution in [0, 0.1) is 5.82 Å². The molecule has 0 radical (unpaired) electrons. The Morgan fingerprint density at radius 2 is 2.00 bits per heavy atom. The van der Waals surface area contributed by atoms with Crippen LogP contribution < -0.4 is 5.32 Å². The number of benzene rings is 2. The summed E-state index contributed by atoms with van der Waals surface area (Å²) >= 11 is 0. The number of anilines is 1. The van der Waals surface area contributed by atoms with Crippen molar-refractivity contribution in [3.8, 4) is 0 Å². The van der Waals surface area contributed by atoms with Crippen molar-refractivity contribution in [3.05, 3.63) is 64.5 Å². The number of carbonyl (C=O) groups excluding carboxylic acids is 1. The molecule has 0 saturated heterocycles. The van der Waals surface area contributed by atoms with E-state index in [0.717, 1.165) is 22.9 Å². The Bertz CT molecular complexity index is 1110. The van der Waals surface area contributed by atoms with Crippen LogP contribution in [0.2, 0.25) is 0 Å². The van der Waals surface area contributed by atoms with E-state index in [1.807, 2.05) is 18.2 Å². The third-order valence-electron chi connectivity index (χ3n) is 4.65. The van der Waals surface area contributed by atoms with Crippen LogP contribution in [0.25, 0.3) is 11.3 Å². The summed E-state index contributed by atoms with van der Waals surface area (Å²) in [7, 11) is -3.43. The molecule has 0 unspecified atom stereocenters. The molecule has 0 saturated carbocycles. The van der Waals surface area contributed by atoms with Crippen molar-refractivity contribution in [2.45, 2.75) is 19.4 Å². The van der Waals surface area contributed by atoms with Crippen LogP contribution in [-0.2, 0) is 36.9 Å². The fourth-order valence-corrected chi connectivity index (χ4v) is 3.85. The molecule has 1 amide bonds. The molecule has 28 heavy (non-hydrogen) atoms. The standard InChI is InChI=1S/C20H18FNO5S/c1-28(24,25)27-8-2-3-12-4-6-15-13(9-12)11-26-19(15)18-16-10-14(21)5-7-17(16)22-20(18)23/h4-7,9-10H,2-3,8,11H2,1H3,(H,22,23)/b19-18+. The zero-order chi connectivity index (χ0) is 19.9. The lowest BCUT2D eigenvalue weighted by Crippen LogP contribution is -2.06. The fraction of sp³-hybridized carbons (Fsp3) is 0.250. The molecular formula is C20H18FNO5S. The van der Waals surface area contributed by atoms with Gasteiger partial charge in [-0.05, 0) is 36.6 Å². The van der Waals surface area contributed by atoms with Crippen molar-refractivity contribution in [1.82, 2.24) is 0 Å². The maximum Gasteiger partial charge on any atom is 0.264 e. The van der Waals surface area contributed by atoms with E-state index in [1.165, 1.54) is 18.2 Å². The van der Waals surface area contributed by atoms with Gasteiger partial charge in [0.15, 0.2) is 0 Å². The Balaban J connectivity index is 1.58. The first-order chi connectivity index (χ1) is 13.3. The average molecular weight is 403 g/mol. The van der Waals surface area contributed by atoms with Crippen molar-refractivity contribution >= 4 is 33.0 Å². The second kappa shape index (κ2) is 7.03. The molecule has 0 aliphatic carbocycles. The monoisotopic (exact) mass is 403 g/mol. The minimum atomic E-state index is -3.43. The number of fused-ring (bicyclic) bond motifs is 2. The summed E-state index contributed by atoms with van der Waals surface area (Å²) in [5.41, 5.74) is 4.15. The molecule has 0 spiro atoms.